The fourth-order valence-electron chi connectivity index (χ4n) is 1.69. The Bertz CT molecular complexity index is 518. The maximum atomic E-state index is 12.1. The molecule has 0 saturated heterocycles. The van der Waals surface area contributed by atoms with Crippen molar-refractivity contribution in [2.45, 2.75) is 27.3 Å². The highest BCUT2D eigenvalue weighted by Crippen LogP contribution is 2.04. The number of aromatic nitrogens is 1. The topological polar surface area (TPSA) is 79.6 Å². The SMILES string of the molecule is Cc1csc(=O)n1CC(=O)N(CC(=O)O)CC(C)C. The van der Waals surface area contributed by atoms with Crippen molar-refractivity contribution >= 4 is 23.2 Å². The number of carboxylic acids is 1. The maximum Gasteiger partial charge on any atom is 0.323 e. The zero-order valence-electron chi connectivity index (χ0n) is 11.3. The van der Waals surface area contributed by atoms with E-state index in [0.29, 0.717) is 12.2 Å². The standard InChI is InChI=1S/C12H18N2O4S/c1-8(2)4-13(6-11(16)17)10(15)5-14-9(3)7-19-12(14)18/h7-8H,4-6H2,1-3H3,(H,16,17). The molecule has 1 heterocycles. The molecule has 1 amide bonds. The zero-order valence-corrected chi connectivity index (χ0v) is 12.1. The summed E-state index contributed by atoms with van der Waals surface area (Å²) >= 11 is 1.03. The summed E-state index contributed by atoms with van der Waals surface area (Å²) < 4.78 is 1.36. The molecule has 0 saturated carbocycles. The van der Waals surface area contributed by atoms with Gasteiger partial charge in [-0.25, -0.2) is 0 Å². The average molecular weight is 286 g/mol. The molecule has 1 aromatic heterocycles. The summed E-state index contributed by atoms with van der Waals surface area (Å²) in [4.78, 5) is 35.5. The lowest BCUT2D eigenvalue weighted by atomic mass is 10.2. The van der Waals surface area contributed by atoms with E-state index in [9.17, 15) is 14.4 Å². The Morgan fingerprint density at radius 2 is 2.11 bits per heavy atom. The van der Waals surface area contributed by atoms with Gasteiger partial charge in [0.25, 0.3) is 0 Å². The zero-order chi connectivity index (χ0) is 14.6. The first-order valence-electron chi connectivity index (χ1n) is 5.95. The highest BCUT2D eigenvalue weighted by molar-refractivity contribution is 7.07. The second-order valence-electron chi connectivity index (χ2n) is 4.79. The third-order valence-electron chi connectivity index (χ3n) is 2.53. The lowest BCUT2D eigenvalue weighted by Gasteiger charge is -2.23. The second-order valence-corrected chi connectivity index (χ2v) is 5.61. The van der Waals surface area contributed by atoms with Crippen LogP contribution >= 0.6 is 11.3 Å². The largest absolute Gasteiger partial charge is 0.480 e. The van der Waals surface area contributed by atoms with E-state index in [0.717, 1.165) is 11.3 Å². The molecule has 0 radical (unpaired) electrons. The molecule has 0 atom stereocenters. The number of carboxylic acid groups (broad SMARTS) is 1. The van der Waals surface area contributed by atoms with E-state index in [1.807, 2.05) is 13.8 Å². The molecule has 1 N–H and O–H groups in total. The van der Waals surface area contributed by atoms with Gasteiger partial charge in [-0.1, -0.05) is 25.2 Å². The monoisotopic (exact) mass is 286 g/mol. The fourth-order valence-corrected chi connectivity index (χ4v) is 2.42. The first-order valence-corrected chi connectivity index (χ1v) is 6.83. The van der Waals surface area contributed by atoms with Gasteiger partial charge in [-0.2, -0.15) is 0 Å². The predicted molar refractivity (Wildman–Crippen MR) is 72.4 cm³/mol. The van der Waals surface area contributed by atoms with Crippen LogP contribution in [0.25, 0.3) is 0 Å². The predicted octanol–water partition coefficient (Wildman–Crippen LogP) is 0.787. The number of rotatable bonds is 6. The summed E-state index contributed by atoms with van der Waals surface area (Å²) in [5, 5.41) is 10.5. The lowest BCUT2D eigenvalue weighted by Crippen LogP contribution is -2.41. The van der Waals surface area contributed by atoms with Gasteiger partial charge in [0.1, 0.15) is 13.1 Å². The van der Waals surface area contributed by atoms with Crippen molar-refractivity contribution in [3.05, 3.63) is 20.7 Å². The molecule has 19 heavy (non-hydrogen) atoms. The average Bonchev–Trinajstić information content (AvgIpc) is 2.58. The molecular weight excluding hydrogens is 268 g/mol. The Balaban J connectivity index is 2.82. The van der Waals surface area contributed by atoms with Crippen LogP contribution in [0.3, 0.4) is 0 Å². The minimum absolute atomic E-state index is 0.103. The van der Waals surface area contributed by atoms with Crippen molar-refractivity contribution < 1.29 is 14.7 Å². The van der Waals surface area contributed by atoms with Crippen LogP contribution in [0.4, 0.5) is 0 Å². The van der Waals surface area contributed by atoms with Crippen LogP contribution in [0.1, 0.15) is 19.5 Å². The molecule has 0 aliphatic carbocycles. The second kappa shape index (κ2) is 6.51. The Hall–Kier alpha value is -1.63. The summed E-state index contributed by atoms with van der Waals surface area (Å²) in [5.41, 5.74) is 0.711. The van der Waals surface area contributed by atoms with Gasteiger partial charge in [0.15, 0.2) is 0 Å². The molecular formula is C12H18N2O4S. The maximum absolute atomic E-state index is 12.1. The molecule has 0 unspecified atom stereocenters. The van der Waals surface area contributed by atoms with Crippen LogP contribution < -0.4 is 4.87 Å². The molecule has 1 aromatic rings. The molecule has 0 fully saturated rings. The highest BCUT2D eigenvalue weighted by Gasteiger charge is 2.19. The third-order valence-corrected chi connectivity index (χ3v) is 3.42. The number of hydrogen-bond donors (Lipinski definition) is 1. The van der Waals surface area contributed by atoms with E-state index in [1.165, 1.54) is 9.47 Å². The minimum Gasteiger partial charge on any atom is -0.480 e. The first-order chi connectivity index (χ1) is 8.81. The van der Waals surface area contributed by atoms with Gasteiger partial charge >= 0.3 is 10.8 Å². The summed E-state index contributed by atoms with van der Waals surface area (Å²) in [6.07, 6.45) is 0. The van der Waals surface area contributed by atoms with Crippen LogP contribution in [0.15, 0.2) is 10.2 Å². The molecule has 0 aliphatic heterocycles. The molecule has 106 valence electrons. The first kappa shape index (κ1) is 15.4. The summed E-state index contributed by atoms with van der Waals surface area (Å²) in [7, 11) is 0. The van der Waals surface area contributed by atoms with Gasteiger partial charge in [0.2, 0.25) is 5.91 Å². The van der Waals surface area contributed by atoms with Crippen LogP contribution in [0.5, 0.6) is 0 Å². The number of aryl methyl sites for hydroxylation is 1. The van der Waals surface area contributed by atoms with E-state index < -0.39 is 5.97 Å². The lowest BCUT2D eigenvalue weighted by molar-refractivity contribution is -0.145. The molecule has 0 bridgehead atoms. The van der Waals surface area contributed by atoms with Gasteiger partial charge in [-0.3, -0.25) is 19.0 Å². The van der Waals surface area contributed by atoms with Crippen LogP contribution in [0, 0.1) is 12.8 Å². The number of hydrogen-bond acceptors (Lipinski definition) is 4. The third kappa shape index (κ3) is 4.51. The number of thiazole rings is 1. The van der Waals surface area contributed by atoms with Gasteiger partial charge in [0.05, 0.1) is 0 Å². The molecule has 7 heteroatoms. The normalized spacial score (nSPS) is 10.7. The highest BCUT2D eigenvalue weighted by atomic mass is 32.1. The van der Waals surface area contributed by atoms with Crippen molar-refractivity contribution in [3.8, 4) is 0 Å². The van der Waals surface area contributed by atoms with Crippen molar-refractivity contribution in [2.24, 2.45) is 5.92 Å². The summed E-state index contributed by atoms with van der Waals surface area (Å²) in [5.74, 6) is -1.23. The van der Waals surface area contributed by atoms with Crippen LogP contribution in [-0.2, 0) is 16.1 Å². The smallest absolute Gasteiger partial charge is 0.323 e. The molecule has 0 spiro atoms. The molecule has 0 aromatic carbocycles. The number of carbonyl (C=O) groups excluding carboxylic acids is 1. The number of carbonyl (C=O) groups is 2. The van der Waals surface area contributed by atoms with Crippen LogP contribution in [0.2, 0.25) is 0 Å². The molecule has 6 nitrogen and oxygen atoms in total. The fraction of sp³-hybridized carbons (Fsp3) is 0.583. The minimum atomic E-state index is -1.05. The Morgan fingerprint density at radius 1 is 1.47 bits per heavy atom. The Labute approximate surface area is 115 Å². The van der Waals surface area contributed by atoms with E-state index in [-0.39, 0.29) is 29.8 Å². The van der Waals surface area contributed by atoms with Gasteiger partial charge in [0, 0.05) is 17.6 Å². The molecule has 1 rings (SSSR count). The number of amides is 1. The van der Waals surface area contributed by atoms with E-state index in [4.69, 9.17) is 5.11 Å². The van der Waals surface area contributed by atoms with Gasteiger partial charge in [-0.15, -0.1) is 0 Å². The Kier molecular flexibility index (Phi) is 5.29. The van der Waals surface area contributed by atoms with E-state index >= 15 is 0 Å². The van der Waals surface area contributed by atoms with Crippen molar-refractivity contribution in [1.29, 1.82) is 0 Å². The number of aliphatic carboxylic acids is 1. The Morgan fingerprint density at radius 3 is 2.53 bits per heavy atom. The van der Waals surface area contributed by atoms with Gasteiger partial charge in [-0.05, 0) is 12.8 Å². The number of nitrogens with zero attached hydrogens (tertiary/aromatic N) is 2. The van der Waals surface area contributed by atoms with E-state index in [2.05, 4.69) is 0 Å². The van der Waals surface area contributed by atoms with Crippen LogP contribution in [-0.4, -0.2) is 39.5 Å². The summed E-state index contributed by atoms with van der Waals surface area (Å²) in [6, 6.07) is 0. The van der Waals surface area contributed by atoms with E-state index in [1.54, 1.807) is 12.3 Å². The van der Waals surface area contributed by atoms with Gasteiger partial charge < -0.3 is 10.0 Å². The molecule has 0 aliphatic rings. The summed E-state index contributed by atoms with van der Waals surface area (Å²) in [6.45, 7) is 5.48. The van der Waals surface area contributed by atoms with Crippen molar-refractivity contribution in [2.75, 3.05) is 13.1 Å². The quantitative estimate of drug-likeness (QED) is 0.838. The van der Waals surface area contributed by atoms with Crippen molar-refractivity contribution in [3.63, 3.8) is 0 Å². The van der Waals surface area contributed by atoms with Crippen molar-refractivity contribution in [1.82, 2.24) is 9.47 Å².